The Labute approximate surface area is 210 Å². The van der Waals surface area contributed by atoms with E-state index in [1.165, 1.54) is 33.6 Å². The summed E-state index contributed by atoms with van der Waals surface area (Å²) < 4.78 is 6.29. The lowest BCUT2D eigenvalue weighted by Crippen LogP contribution is -2.36. The fourth-order valence-electron chi connectivity index (χ4n) is 5.34. The first kappa shape index (κ1) is 24.8. The van der Waals surface area contributed by atoms with Gasteiger partial charge in [0, 0.05) is 50.9 Å². The van der Waals surface area contributed by atoms with E-state index in [0.717, 1.165) is 12.8 Å². The molecule has 3 aromatic rings. The van der Waals surface area contributed by atoms with Gasteiger partial charge in [0.1, 0.15) is 6.10 Å². The minimum atomic E-state index is -0.258. The van der Waals surface area contributed by atoms with Crippen LogP contribution < -0.4 is 9.80 Å². The smallest absolute Gasteiger partial charge is 0.338 e. The molecule has 0 heterocycles. The molecule has 0 aromatic heterocycles. The third-order valence-electron chi connectivity index (χ3n) is 7.34. The standard InChI is InChI=1S/C31H38N2O2/c1-8-12-28(35-30(34)21-13-10-9-11-14-21)29-24-17-15-22(32(4)5)19-26(24)31(2,3)27-20-23(33(6)7)16-18-25(27)29/h9-11,13-20,28-29H,8,12H2,1-7H3. The van der Waals surface area contributed by atoms with Crippen LogP contribution in [0.5, 0.6) is 0 Å². The van der Waals surface area contributed by atoms with Crippen molar-refractivity contribution in [3.05, 3.63) is 94.5 Å². The number of benzene rings is 3. The van der Waals surface area contributed by atoms with E-state index >= 15 is 0 Å². The van der Waals surface area contributed by atoms with E-state index < -0.39 is 0 Å². The number of anilines is 2. The number of carbonyl (C=O) groups excluding carboxylic acids is 1. The van der Waals surface area contributed by atoms with E-state index in [9.17, 15) is 4.79 Å². The molecule has 1 aliphatic carbocycles. The number of rotatable bonds is 7. The molecule has 0 radical (unpaired) electrons. The van der Waals surface area contributed by atoms with Gasteiger partial charge in [0.15, 0.2) is 0 Å². The van der Waals surface area contributed by atoms with Crippen LogP contribution in [0.2, 0.25) is 0 Å². The van der Waals surface area contributed by atoms with E-state index in [2.05, 4.69) is 95.2 Å². The first-order valence-corrected chi connectivity index (χ1v) is 12.5. The van der Waals surface area contributed by atoms with Gasteiger partial charge in [0.2, 0.25) is 0 Å². The highest BCUT2D eigenvalue weighted by molar-refractivity contribution is 5.89. The first-order valence-electron chi connectivity index (χ1n) is 12.5. The molecule has 0 aliphatic heterocycles. The zero-order valence-electron chi connectivity index (χ0n) is 22.1. The molecule has 35 heavy (non-hydrogen) atoms. The van der Waals surface area contributed by atoms with Crippen molar-refractivity contribution < 1.29 is 9.53 Å². The molecule has 4 heteroatoms. The average Bonchev–Trinajstić information content (AvgIpc) is 2.84. The van der Waals surface area contributed by atoms with E-state index in [1.54, 1.807) is 0 Å². The van der Waals surface area contributed by atoms with Crippen LogP contribution in [0.15, 0.2) is 66.7 Å². The minimum Gasteiger partial charge on any atom is -0.458 e. The number of nitrogens with zero attached hydrogens (tertiary/aromatic N) is 2. The highest BCUT2D eigenvalue weighted by Crippen LogP contribution is 2.50. The van der Waals surface area contributed by atoms with Gasteiger partial charge in [-0.3, -0.25) is 0 Å². The van der Waals surface area contributed by atoms with Crippen molar-refractivity contribution >= 4 is 17.3 Å². The van der Waals surface area contributed by atoms with Crippen LogP contribution >= 0.6 is 0 Å². The summed E-state index contributed by atoms with van der Waals surface area (Å²) in [5.74, 6) is -0.278. The molecule has 0 amide bonds. The van der Waals surface area contributed by atoms with Crippen LogP contribution in [0.25, 0.3) is 0 Å². The summed E-state index contributed by atoms with van der Waals surface area (Å²) in [6.07, 6.45) is 1.48. The molecule has 4 rings (SSSR count). The van der Waals surface area contributed by atoms with Crippen molar-refractivity contribution in [2.75, 3.05) is 38.0 Å². The second-order valence-corrected chi connectivity index (χ2v) is 10.5. The molecule has 0 saturated carbocycles. The summed E-state index contributed by atoms with van der Waals surface area (Å²) in [5.41, 5.74) is 7.88. The van der Waals surface area contributed by atoms with Crippen LogP contribution in [-0.4, -0.2) is 40.3 Å². The Bertz CT molecular complexity index is 1140. The fraction of sp³-hybridized carbons (Fsp3) is 0.387. The number of carbonyl (C=O) groups is 1. The number of hydrogen-bond acceptors (Lipinski definition) is 4. The summed E-state index contributed by atoms with van der Waals surface area (Å²) in [6.45, 7) is 6.78. The predicted molar refractivity (Wildman–Crippen MR) is 146 cm³/mol. The van der Waals surface area contributed by atoms with Gasteiger partial charge in [-0.1, -0.05) is 57.5 Å². The van der Waals surface area contributed by atoms with E-state index in [0.29, 0.717) is 5.56 Å². The van der Waals surface area contributed by atoms with Gasteiger partial charge in [-0.2, -0.15) is 0 Å². The van der Waals surface area contributed by atoms with E-state index in [1.807, 2.05) is 30.3 Å². The SMILES string of the molecule is CCCC(OC(=O)c1ccccc1)C1c2ccc(N(C)C)cc2C(C)(C)c2cc(N(C)C)ccc21. The fourth-order valence-corrected chi connectivity index (χ4v) is 5.34. The summed E-state index contributed by atoms with van der Waals surface area (Å²) >= 11 is 0. The predicted octanol–water partition coefficient (Wildman–Crippen LogP) is 6.62. The summed E-state index contributed by atoms with van der Waals surface area (Å²) in [4.78, 5) is 17.5. The minimum absolute atomic E-state index is 0.0203. The van der Waals surface area contributed by atoms with Gasteiger partial charge in [-0.25, -0.2) is 4.79 Å². The van der Waals surface area contributed by atoms with Crippen molar-refractivity contribution in [3.8, 4) is 0 Å². The van der Waals surface area contributed by atoms with Gasteiger partial charge in [0.05, 0.1) is 5.56 Å². The lowest BCUT2D eigenvalue weighted by Gasteiger charge is -2.42. The van der Waals surface area contributed by atoms with Crippen molar-refractivity contribution in [1.82, 2.24) is 0 Å². The molecule has 184 valence electrons. The molecule has 0 saturated heterocycles. The second-order valence-electron chi connectivity index (χ2n) is 10.5. The first-order chi connectivity index (χ1) is 16.6. The Hall–Kier alpha value is -3.27. The topological polar surface area (TPSA) is 32.8 Å². The van der Waals surface area contributed by atoms with Gasteiger partial charge < -0.3 is 14.5 Å². The summed E-state index contributed by atoms with van der Waals surface area (Å²) in [6, 6.07) is 22.8. The monoisotopic (exact) mass is 470 g/mol. The Kier molecular flexibility index (Phi) is 6.93. The maximum Gasteiger partial charge on any atom is 0.338 e. The highest BCUT2D eigenvalue weighted by atomic mass is 16.5. The number of esters is 1. The molecule has 4 nitrogen and oxygen atoms in total. The highest BCUT2D eigenvalue weighted by Gasteiger charge is 2.42. The lowest BCUT2D eigenvalue weighted by molar-refractivity contribution is 0.0235. The summed E-state index contributed by atoms with van der Waals surface area (Å²) in [7, 11) is 8.31. The third kappa shape index (κ3) is 4.67. The molecular formula is C31H38N2O2. The molecule has 1 atom stereocenters. The molecule has 0 spiro atoms. The maximum absolute atomic E-state index is 13.2. The molecular weight excluding hydrogens is 432 g/mol. The van der Waals surface area contributed by atoms with Crippen molar-refractivity contribution in [2.24, 2.45) is 0 Å². The molecule has 0 fully saturated rings. The molecule has 0 bridgehead atoms. The molecule has 3 aromatic carbocycles. The van der Waals surface area contributed by atoms with Gasteiger partial charge in [0.25, 0.3) is 0 Å². The molecule has 0 N–H and O–H groups in total. The summed E-state index contributed by atoms with van der Waals surface area (Å²) in [5, 5.41) is 0. The normalized spacial score (nSPS) is 15.1. The van der Waals surface area contributed by atoms with E-state index in [-0.39, 0.29) is 23.4 Å². The van der Waals surface area contributed by atoms with Gasteiger partial charge in [-0.05, 0) is 65.1 Å². The Morgan fingerprint density at radius 1 is 0.857 bits per heavy atom. The number of ether oxygens (including phenoxy) is 1. The Balaban J connectivity index is 1.89. The van der Waals surface area contributed by atoms with Crippen LogP contribution in [-0.2, 0) is 10.2 Å². The average molecular weight is 471 g/mol. The Morgan fingerprint density at radius 3 is 1.83 bits per heavy atom. The van der Waals surface area contributed by atoms with E-state index in [4.69, 9.17) is 4.74 Å². The van der Waals surface area contributed by atoms with Crippen LogP contribution in [0.4, 0.5) is 11.4 Å². The Morgan fingerprint density at radius 2 is 1.37 bits per heavy atom. The second kappa shape index (κ2) is 9.77. The van der Waals surface area contributed by atoms with Crippen molar-refractivity contribution in [3.63, 3.8) is 0 Å². The van der Waals surface area contributed by atoms with Crippen LogP contribution in [0, 0.1) is 0 Å². The van der Waals surface area contributed by atoms with Crippen LogP contribution in [0.3, 0.4) is 0 Å². The van der Waals surface area contributed by atoms with Gasteiger partial charge >= 0.3 is 5.97 Å². The zero-order valence-corrected chi connectivity index (χ0v) is 22.1. The maximum atomic E-state index is 13.2. The largest absolute Gasteiger partial charge is 0.458 e. The van der Waals surface area contributed by atoms with Crippen molar-refractivity contribution in [2.45, 2.75) is 51.0 Å². The third-order valence-corrected chi connectivity index (χ3v) is 7.34. The quantitative estimate of drug-likeness (QED) is 0.364. The number of fused-ring (bicyclic) bond motifs is 2. The molecule has 1 aliphatic rings. The number of hydrogen-bond donors (Lipinski definition) is 0. The van der Waals surface area contributed by atoms with Gasteiger partial charge in [-0.15, -0.1) is 0 Å². The lowest BCUT2D eigenvalue weighted by atomic mass is 9.63. The molecule has 1 unspecified atom stereocenters. The van der Waals surface area contributed by atoms with Crippen molar-refractivity contribution in [1.29, 1.82) is 0 Å². The van der Waals surface area contributed by atoms with Crippen LogP contribution in [0.1, 0.15) is 72.1 Å². The zero-order chi connectivity index (χ0) is 25.3.